The van der Waals surface area contributed by atoms with Crippen LogP contribution in [0.5, 0.6) is 5.75 Å². The molecule has 1 aromatic heterocycles. The minimum absolute atomic E-state index is 0.221. The van der Waals surface area contributed by atoms with E-state index < -0.39 is 5.97 Å². The number of carbonyl (C=O) groups is 1. The molecule has 2 rings (SSSR count). The molecule has 1 N–H and O–H groups in total. The number of allylic oxidation sites excluding steroid dienone is 1. The lowest BCUT2D eigenvalue weighted by molar-refractivity contribution is -0.137. The number of methoxy groups -OCH3 is 1. The zero-order valence-electron chi connectivity index (χ0n) is 15.1. The second-order valence-electron chi connectivity index (χ2n) is 6.08. The van der Waals surface area contributed by atoms with Crippen molar-refractivity contribution in [1.29, 1.82) is 0 Å². The van der Waals surface area contributed by atoms with Crippen LogP contribution in [0.4, 0.5) is 0 Å². The first-order valence-corrected chi connectivity index (χ1v) is 8.73. The predicted octanol–water partition coefficient (Wildman–Crippen LogP) is 3.68. The van der Waals surface area contributed by atoms with E-state index >= 15 is 0 Å². The first-order valence-electron chi connectivity index (χ1n) is 8.73. The van der Waals surface area contributed by atoms with E-state index in [1.165, 1.54) is 0 Å². The maximum Gasteiger partial charge on any atom is 0.303 e. The van der Waals surface area contributed by atoms with Crippen molar-refractivity contribution in [2.75, 3.05) is 13.7 Å². The number of ether oxygens (including phenoxy) is 2. The van der Waals surface area contributed by atoms with Crippen molar-refractivity contribution < 1.29 is 19.4 Å². The number of aromatic nitrogens is 2. The van der Waals surface area contributed by atoms with Crippen molar-refractivity contribution >= 4 is 5.97 Å². The minimum Gasteiger partial charge on any atom is -0.497 e. The average Bonchev–Trinajstić information content (AvgIpc) is 3.14. The molecule has 0 saturated heterocycles. The SMILES string of the molecule is COc1ccc(COCC(=CCCCCC(=O)O)Cn2ccnc2)cc1. The Bertz CT molecular complexity index is 678. The van der Waals surface area contributed by atoms with E-state index in [2.05, 4.69) is 11.1 Å². The van der Waals surface area contributed by atoms with Crippen molar-refractivity contribution in [1.82, 2.24) is 9.55 Å². The lowest BCUT2D eigenvalue weighted by Crippen LogP contribution is -2.06. The Morgan fingerprint density at radius 1 is 1.27 bits per heavy atom. The molecule has 1 heterocycles. The van der Waals surface area contributed by atoms with E-state index in [9.17, 15) is 4.79 Å². The van der Waals surface area contributed by atoms with E-state index in [4.69, 9.17) is 14.6 Å². The summed E-state index contributed by atoms with van der Waals surface area (Å²) in [5.74, 6) is 0.0891. The molecule has 6 nitrogen and oxygen atoms in total. The van der Waals surface area contributed by atoms with Gasteiger partial charge in [-0.15, -0.1) is 0 Å². The van der Waals surface area contributed by atoms with Gasteiger partial charge in [-0.2, -0.15) is 0 Å². The van der Waals surface area contributed by atoms with Crippen LogP contribution in [0.2, 0.25) is 0 Å². The van der Waals surface area contributed by atoms with E-state index in [-0.39, 0.29) is 6.42 Å². The van der Waals surface area contributed by atoms with Gasteiger partial charge in [-0.25, -0.2) is 4.98 Å². The molecule has 2 aromatic rings. The van der Waals surface area contributed by atoms with Gasteiger partial charge in [-0.3, -0.25) is 4.79 Å². The summed E-state index contributed by atoms with van der Waals surface area (Å²) in [6.07, 6.45) is 10.2. The first-order chi connectivity index (χ1) is 12.7. The summed E-state index contributed by atoms with van der Waals surface area (Å²) in [6, 6.07) is 7.82. The fourth-order valence-corrected chi connectivity index (χ4v) is 2.53. The number of hydrogen-bond donors (Lipinski definition) is 1. The zero-order chi connectivity index (χ0) is 18.6. The van der Waals surface area contributed by atoms with Crippen LogP contribution in [-0.2, 0) is 22.7 Å². The highest BCUT2D eigenvalue weighted by atomic mass is 16.5. The highest BCUT2D eigenvalue weighted by molar-refractivity contribution is 5.66. The highest BCUT2D eigenvalue weighted by Gasteiger charge is 2.02. The van der Waals surface area contributed by atoms with Crippen LogP contribution in [0.1, 0.15) is 31.2 Å². The second-order valence-corrected chi connectivity index (χ2v) is 6.08. The number of benzene rings is 1. The third-order valence-corrected chi connectivity index (χ3v) is 3.94. The van der Waals surface area contributed by atoms with Gasteiger partial charge in [0.2, 0.25) is 0 Å². The summed E-state index contributed by atoms with van der Waals surface area (Å²) in [5.41, 5.74) is 2.25. The van der Waals surface area contributed by atoms with Crippen LogP contribution in [0.3, 0.4) is 0 Å². The summed E-state index contributed by atoms with van der Waals surface area (Å²) < 4.78 is 13.0. The molecule has 6 heteroatoms. The van der Waals surface area contributed by atoms with Crippen LogP contribution in [0, 0.1) is 0 Å². The molecule has 0 aliphatic rings. The number of nitrogens with zero attached hydrogens (tertiary/aromatic N) is 2. The molecule has 0 radical (unpaired) electrons. The third-order valence-electron chi connectivity index (χ3n) is 3.94. The van der Waals surface area contributed by atoms with Crippen molar-refractivity contribution in [3.05, 3.63) is 60.2 Å². The Kier molecular flexibility index (Phi) is 8.42. The quantitative estimate of drug-likeness (QED) is 0.463. The Balaban J connectivity index is 1.82. The standard InChI is InChI=1S/C20H26N2O4/c1-25-19-9-7-17(8-10-19)14-26-15-18(13-22-12-11-21-16-22)5-3-2-4-6-20(23)24/h5,7-12,16H,2-4,6,13-15H2,1H3,(H,23,24). The molecule has 0 aliphatic heterocycles. The molecule has 0 spiro atoms. The summed E-state index contributed by atoms with van der Waals surface area (Å²) >= 11 is 0. The zero-order valence-corrected chi connectivity index (χ0v) is 15.1. The topological polar surface area (TPSA) is 73.6 Å². The molecule has 0 saturated carbocycles. The number of imidazole rings is 1. The average molecular weight is 358 g/mol. The van der Waals surface area contributed by atoms with Crippen molar-refractivity contribution in [2.24, 2.45) is 0 Å². The molecule has 0 bridgehead atoms. The summed E-state index contributed by atoms with van der Waals surface area (Å²) in [5, 5.41) is 8.70. The molecular weight excluding hydrogens is 332 g/mol. The molecule has 140 valence electrons. The van der Waals surface area contributed by atoms with E-state index in [0.717, 1.165) is 36.3 Å². The van der Waals surface area contributed by atoms with Crippen molar-refractivity contribution in [2.45, 2.75) is 38.8 Å². The van der Waals surface area contributed by atoms with Crippen LogP contribution in [0.15, 0.2) is 54.6 Å². The van der Waals surface area contributed by atoms with Gasteiger partial charge in [-0.1, -0.05) is 18.2 Å². The monoisotopic (exact) mass is 358 g/mol. The summed E-state index contributed by atoms with van der Waals surface area (Å²) in [6.45, 7) is 1.79. The van der Waals surface area contributed by atoms with Gasteiger partial charge in [0.05, 0.1) is 26.7 Å². The molecule has 26 heavy (non-hydrogen) atoms. The van der Waals surface area contributed by atoms with Crippen LogP contribution < -0.4 is 4.74 Å². The van der Waals surface area contributed by atoms with Gasteiger partial charge >= 0.3 is 5.97 Å². The molecule has 0 fully saturated rings. The van der Waals surface area contributed by atoms with E-state index in [1.54, 1.807) is 19.6 Å². The number of carboxylic acid groups (broad SMARTS) is 1. The third kappa shape index (κ3) is 7.53. The normalized spacial score (nSPS) is 11.5. The van der Waals surface area contributed by atoms with Gasteiger partial charge in [0.1, 0.15) is 5.75 Å². The lowest BCUT2D eigenvalue weighted by Gasteiger charge is -2.10. The fraction of sp³-hybridized carbons (Fsp3) is 0.400. The van der Waals surface area contributed by atoms with Crippen LogP contribution >= 0.6 is 0 Å². The molecule has 1 aromatic carbocycles. The fourth-order valence-electron chi connectivity index (χ4n) is 2.53. The van der Waals surface area contributed by atoms with Crippen molar-refractivity contribution in [3.8, 4) is 5.75 Å². The van der Waals surface area contributed by atoms with Gasteiger partial charge in [0.15, 0.2) is 0 Å². The Morgan fingerprint density at radius 2 is 2.08 bits per heavy atom. The van der Waals surface area contributed by atoms with Crippen molar-refractivity contribution in [3.63, 3.8) is 0 Å². The molecule has 0 unspecified atom stereocenters. The molecule has 0 atom stereocenters. The lowest BCUT2D eigenvalue weighted by atomic mass is 10.1. The molecular formula is C20H26N2O4. The Morgan fingerprint density at radius 3 is 2.73 bits per heavy atom. The van der Waals surface area contributed by atoms with Gasteiger partial charge in [-0.05, 0) is 42.5 Å². The Labute approximate surface area is 154 Å². The van der Waals surface area contributed by atoms with Gasteiger partial charge in [0.25, 0.3) is 0 Å². The Hall–Kier alpha value is -2.60. The smallest absolute Gasteiger partial charge is 0.303 e. The van der Waals surface area contributed by atoms with Crippen LogP contribution in [0.25, 0.3) is 0 Å². The summed E-state index contributed by atoms with van der Waals surface area (Å²) in [7, 11) is 1.65. The number of carboxylic acids is 1. The second kappa shape index (κ2) is 11.1. The molecule has 0 amide bonds. The molecule has 0 aliphatic carbocycles. The summed E-state index contributed by atoms with van der Waals surface area (Å²) in [4.78, 5) is 14.6. The van der Waals surface area contributed by atoms with Gasteiger partial charge < -0.3 is 19.1 Å². The van der Waals surface area contributed by atoms with Crippen LogP contribution in [-0.4, -0.2) is 34.3 Å². The minimum atomic E-state index is -0.740. The maximum atomic E-state index is 10.6. The van der Waals surface area contributed by atoms with Gasteiger partial charge in [0, 0.05) is 25.4 Å². The first kappa shape index (κ1) is 19.7. The largest absolute Gasteiger partial charge is 0.497 e. The number of unbranched alkanes of at least 4 members (excludes halogenated alkanes) is 2. The highest BCUT2D eigenvalue weighted by Crippen LogP contribution is 2.13. The number of hydrogen-bond acceptors (Lipinski definition) is 4. The predicted molar refractivity (Wildman–Crippen MR) is 99.1 cm³/mol. The number of rotatable bonds is 12. The maximum absolute atomic E-state index is 10.6. The van der Waals surface area contributed by atoms with E-state index in [1.807, 2.05) is 35.0 Å². The number of aliphatic carboxylic acids is 1. The van der Waals surface area contributed by atoms with E-state index in [0.29, 0.717) is 19.6 Å².